The Bertz CT molecular complexity index is 405. The molecule has 0 spiro atoms. The number of hydrogen-bond donors (Lipinski definition) is 1. The van der Waals surface area contributed by atoms with E-state index in [0.717, 1.165) is 17.9 Å². The van der Waals surface area contributed by atoms with Gasteiger partial charge in [0.05, 0.1) is 21.3 Å². The molecular weight excluding hydrogens is 242 g/mol. The van der Waals surface area contributed by atoms with Crippen LogP contribution in [0, 0.1) is 5.92 Å². The van der Waals surface area contributed by atoms with Crippen LogP contribution in [0.4, 0.5) is 0 Å². The quantitative estimate of drug-likeness (QED) is 0.824. The predicted octanol–water partition coefficient (Wildman–Crippen LogP) is 3.02. The Morgan fingerprint density at radius 1 is 1.00 bits per heavy atom. The Hall–Kier alpha value is -1.42. The average Bonchev–Trinajstić information content (AvgIpc) is 2.42. The summed E-state index contributed by atoms with van der Waals surface area (Å²) in [5.74, 6) is 2.52. The van der Waals surface area contributed by atoms with Crippen LogP contribution in [0.2, 0.25) is 0 Å². The zero-order chi connectivity index (χ0) is 14.4. The first-order valence-electron chi connectivity index (χ1n) is 6.62. The summed E-state index contributed by atoms with van der Waals surface area (Å²) in [6.07, 6.45) is 0. The minimum Gasteiger partial charge on any atom is -0.493 e. The Morgan fingerprint density at radius 2 is 1.63 bits per heavy atom. The standard InChI is InChI=1S/C15H25NO3/c1-7-16-13(10(2)3)11-8-9-12(17-4)15(19-6)14(11)18-5/h8-10,13,16H,7H2,1-6H3. The molecule has 1 aromatic rings. The van der Waals surface area contributed by atoms with Gasteiger partial charge >= 0.3 is 0 Å². The number of hydrogen-bond acceptors (Lipinski definition) is 4. The second-order valence-corrected chi connectivity index (χ2v) is 4.70. The molecule has 0 fully saturated rings. The first-order chi connectivity index (χ1) is 9.10. The molecule has 1 N–H and O–H groups in total. The Balaban J connectivity index is 3.33. The molecule has 0 radical (unpaired) electrons. The average molecular weight is 267 g/mol. The lowest BCUT2D eigenvalue weighted by Crippen LogP contribution is -2.26. The Morgan fingerprint density at radius 3 is 2.05 bits per heavy atom. The lowest BCUT2D eigenvalue weighted by molar-refractivity contribution is 0.314. The van der Waals surface area contributed by atoms with Crippen molar-refractivity contribution < 1.29 is 14.2 Å². The highest BCUT2D eigenvalue weighted by molar-refractivity contribution is 5.56. The van der Waals surface area contributed by atoms with Gasteiger partial charge in [0.15, 0.2) is 11.5 Å². The molecule has 108 valence electrons. The molecule has 1 aromatic carbocycles. The smallest absolute Gasteiger partial charge is 0.203 e. The minimum atomic E-state index is 0.222. The maximum Gasteiger partial charge on any atom is 0.203 e. The van der Waals surface area contributed by atoms with E-state index in [1.165, 1.54) is 0 Å². The van der Waals surface area contributed by atoms with E-state index in [9.17, 15) is 0 Å². The van der Waals surface area contributed by atoms with Gasteiger partial charge in [0.25, 0.3) is 0 Å². The SMILES string of the molecule is CCNC(c1ccc(OC)c(OC)c1OC)C(C)C. The van der Waals surface area contributed by atoms with E-state index in [-0.39, 0.29) is 6.04 Å². The lowest BCUT2D eigenvalue weighted by atomic mass is 9.94. The first-order valence-corrected chi connectivity index (χ1v) is 6.62. The Labute approximate surface area is 116 Å². The molecule has 0 amide bonds. The van der Waals surface area contributed by atoms with Crippen LogP contribution in [-0.4, -0.2) is 27.9 Å². The van der Waals surface area contributed by atoms with Crippen LogP contribution in [0.15, 0.2) is 12.1 Å². The van der Waals surface area contributed by atoms with Crippen LogP contribution < -0.4 is 19.5 Å². The summed E-state index contributed by atoms with van der Waals surface area (Å²) >= 11 is 0. The third-order valence-corrected chi connectivity index (χ3v) is 3.16. The van der Waals surface area contributed by atoms with Crippen molar-refractivity contribution in [1.82, 2.24) is 5.32 Å². The number of methoxy groups -OCH3 is 3. The van der Waals surface area contributed by atoms with Crippen molar-refractivity contribution in [2.45, 2.75) is 26.8 Å². The van der Waals surface area contributed by atoms with Gasteiger partial charge in [-0.3, -0.25) is 0 Å². The van der Waals surface area contributed by atoms with Gasteiger partial charge in [0, 0.05) is 11.6 Å². The van der Waals surface area contributed by atoms with E-state index in [1.807, 2.05) is 12.1 Å². The van der Waals surface area contributed by atoms with Crippen LogP contribution in [0.25, 0.3) is 0 Å². The maximum atomic E-state index is 5.54. The largest absolute Gasteiger partial charge is 0.493 e. The van der Waals surface area contributed by atoms with E-state index in [4.69, 9.17) is 14.2 Å². The molecule has 0 aromatic heterocycles. The second kappa shape index (κ2) is 7.24. The highest BCUT2D eigenvalue weighted by Crippen LogP contribution is 2.43. The van der Waals surface area contributed by atoms with Crippen LogP contribution in [0.3, 0.4) is 0 Å². The van der Waals surface area contributed by atoms with Gasteiger partial charge in [-0.25, -0.2) is 0 Å². The third kappa shape index (κ3) is 3.32. The maximum absolute atomic E-state index is 5.54. The molecule has 1 atom stereocenters. The third-order valence-electron chi connectivity index (χ3n) is 3.16. The topological polar surface area (TPSA) is 39.7 Å². The Kier molecular flexibility index (Phi) is 5.96. The summed E-state index contributed by atoms with van der Waals surface area (Å²) in [4.78, 5) is 0. The molecule has 0 aliphatic carbocycles. The molecule has 0 saturated carbocycles. The summed E-state index contributed by atoms with van der Waals surface area (Å²) in [5, 5.41) is 3.49. The van der Waals surface area contributed by atoms with E-state index in [2.05, 4.69) is 26.1 Å². The second-order valence-electron chi connectivity index (χ2n) is 4.70. The van der Waals surface area contributed by atoms with E-state index in [1.54, 1.807) is 21.3 Å². The molecule has 0 saturated heterocycles. The highest BCUT2D eigenvalue weighted by atomic mass is 16.5. The highest BCUT2D eigenvalue weighted by Gasteiger charge is 2.23. The molecule has 0 bridgehead atoms. The van der Waals surface area contributed by atoms with Crippen molar-refractivity contribution in [3.63, 3.8) is 0 Å². The fourth-order valence-electron chi connectivity index (χ4n) is 2.29. The molecule has 4 nitrogen and oxygen atoms in total. The molecule has 4 heteroatoms. The molecule has 0 aliphatic rings. The zero-order valence-corrected chi connectivity index (χ0v) is 12.7. The van der Waals surface area contributed by atoms with Crippen molar-refractivity contribution in [2.75, 3.05) is 27.9 Å². The van der Waals surface area contributed by atoms with Crippen molar-refractivity contribution in [3.8, 4) is 17.2 Å². The fourth-order valence-corrected chi connectivity index (χ4v) is 2.29. The normalized spacial score (nSPS) is 12.4. The van der Waals surface area contributed by atoms with Gasteiger partial charge in [-0.05, 0) is 24.6 Å². The molecule has 1 unspecified atom stereocenters. The summed E-state index contributed by atoms with van der Waals surface area (Å²) in [6.45, 7) is 7.37. The van der Waals surface area contributed by atoms with E-state index < -0.39 is 0 Å². The van der Waals surface area contributed by atoms with Crippen LogP contribution >= 0.6 is 0 Å². The lowest BCUT2D eigenvalue weighted by Gasteiger charge is -2.25. The van der Waals surface area contributed by atoms with Crippen LogP contribution in [-0.2, 0) is 0 Å². The van der Waals surface area contributed by atoms with Gasteiger partial charge in [-0.1, -0.05) is 20.8 Å². The monoisotopic (exact) mass is 267 g/mol. The van der Waals surface area contributed by atoms with Crippen LogP contribution in [0.1, 0.15) is 32.4 Å². The molecular formula is C15H25NO3. The molecule has 0 aliphatic heterocycles. The van der Waals surface area contributed by atoms with Crippen molar-refractivity contribution in [3.05, 3.63) is 17.7 Å². The number of rotatable bonds is 7. The van der Waals surface area contributed by atoms with Crippen LogP contribution in [0.5, 0.6) is 17.2 Å². The minimum absolute atomic E-state index is 0.222. The van der Waals surface area contributed by atoms with Gasteiger partial charge < -0.3 is 19.5 Å². The first kappa shape index (κ1) is 15.6. The molecule has 0 heterocycles. The van der Waals surface area contributed by atoms with Gasteiger partial charge in [-0.2, -0.15) is 0 Å². The van der Waals surface area contributed by atoms with Gasteiger partial charge in [0.2, 0.25) is 5.75 Å². The predicted molar refractivity (Wildman–Crippen MR) is 77.4 cm³/mol. The molecule has 1 rings (SSSR count). The van der Waals surface area contributed by atoms with Crippen molar-refractivity contribution in [1.29, 1.82) is 0 Å². The fraction of sp³-hybridized carbons (Fsp3) is 0.600. The summed E-state index contributed by atoms with van der Waals surface area (Å²) in [5.41, 5.74) is 1.09. The summed E-state index contributed by atoms with van der Waals surface area (Å²) < 4.78 is 16.3. The van der Waals surface area contributed by atoms with E-state index >= 15 is 0 Å². The van der Waals surface area contributed by atoms with Gasteiger partial charge in [0.1, 0.15) is 0 Å². The van der Waals surface area contributed by atoms with Gasteiger partial charge in [-0.15, -0.1) is 0 Å². The summed E-state index contributed by atoms with van der Waals surface area (Å²) in [6, 6.07) is 4.18. The number of benzene rings is 1. The zero-order valence-electron chi connectivity index (χ0n) is 12.7. The number of nitrogens with one attached hydrogen (secondary N) is 1. The van der Waals surface area contributed by atoms with Crippen molar-refractivity contribution >= 4 is 0 Å². The summed E-state index contributed by atoms with van der Waals surface area (Å²) in [7, 11) is 4.91. The number of ether oxygens (including phenoxy) is 3. The van der Waals surface area contributed by atoms with Crippen molar-refractivity contribution in [2.24, 2.45) is 5.92 Å². The van der Waals surface area contributed by atoms with E-state index in [0.29, 0.717) is 17.4 Å². The molecule has 19 heavy (non-hydrogen) atoms.